The average molecular weight is 579 g/mol. The molecule has 0 unspecified atom stereocenters. The number of carbonyl (C=O) groups is 3. The summed E-state index contributed by atoms with van der Waals surface area (Å²) in [4.78, 5) is 34.9. The van der Waals surface area contributed by atoms with Gasteiger partial charge in [-0.1, -0.05) is 62.2 Å². The smallest absolute Gasteiger partial charge is 0.480 e. The van der Waals surface area contributed by atoms with Gasteiger partial charge in [0.2, 0.25) is 5.91 Å². The Hall–Kier alpha value is -2.89. The van der Waals surface area contributed by atoms with Crippen molar-refractivity contribution in [3.05, 3.63) is 63.4 Å². The second-order valence-corrected chi connectivity index (χ2v) is 11.1. The highest BCUT2D eigenvalue weighted by Crippen LogP contribution is 2.57. The minimum absolute atomic E-state index is 0.0989. The molecule has 1 fully saturated rings. The molecule has 0 bridgehead atoms. The van der Waals surface area contributed by atoms with E-state index >= 15 is 4.39 Å². The molecule has 4 rings (SSSR count). The largest absolute Gasteiger partial charge is 0.490 e. The van der Waals surface area contributed by atoms with Gasteiger partial charge in [0.05, 0.1) is 5.02 Å². The number of alkyl halides is 3. The summed E-state index contributed by atoms with van der Waals surface area (Å²) in [6.45, 7) is 6.04. The van der Waals surface area contributed by atoms with Crippen LogP contribution >= 0.6 is 23.2 Å². The number of nitrogens with one attached hydrogen (secondary N) is 2. The molecule has 13 heteroatoms. The van der Waals surface area contributed by atoms with Gasteiger partial charge >= 0.3 is 18.1 Å². The number of carboxylic acids is 2. The van der Waals surface area contributed by atoms with Crippen molar-refractivity contribution in [1.29, 1.82) is 0 Å². The molecule has 1 saturated heterocycles. The number of carboxylic acid groups (broad SMARTS) is 2. The maximum atomic E-state index is 15.3. The van der Waals surface area contributed by atoms with E-state index in [0.717, 1.165) is 0 Å². The molecule has 2 aromatic rings. The third-order valence-electron chi connectivity index (χ3n) is 6.45. The van der Waals surface area contributed by atoms with Crippen molar-refractivity contribution in [3.63, 3.8) is 0 Å². The van der Waals surface area contributed by atoms with Crippen molar-refractivity contribution in [2.45, 2.75) is 56.8 Å². The summed E-state index contributed by atoms with van der Waals surface area (Å²) < 4.78 is 47.0. The Balaban J connectivity index is 0.000000505. The Labute approximate surface area is 225 Å². The molecule has 2 aromatic carbocycles. The van der Waals surface area contributed by atoms with Gasteiger partial charge < -0.3 is 15.5 Å². The summed E-state index contributed by atoms with van der Waals surface area (Å²) in [6.07, 6.45) is -4.59. The van der Waals surface area contributed by atoms with Crippen LogP contribution in [0.25, 0.3) is 0 Å². The normalized spacial score (nSPS) is 24.4. The summed E-state index contributed by atoms with van der Waals surface area (Å²) in [5.74, 6) is -6.02. The average Bonchev–Trinajstić information content (AvgIpc) is 3.24. The number of aliphatic carboxylic acids is 2. The SMILES string of the molecule is CC(C)(C)C[C@@H]1N[C@H](C(=O)O)[C@H](c2cccc(Cl)c2F)[C@]12C(=O)Nc1cc(Cl)ccc12.O=C(O)C(F)(F)F. The van der Waals surface area contributed by atoms with Gasteiger partial charge in [-0.05, 0) is 41.2 Å². The van der Waals surface area contributed by atoms with E-state index in [0.29, 0.717) is 22.7 Å². The lowest BCUT2D eigenvalue weighted by Gasteiger charge is -2.37. The van der Waals surface area contributed by atoms with Crippen molar-refractivity contribution in [2.75, 3.05) is 5.32 Å². The van der Waals surface area contributed by atoms with E-state index < -0.39 is 47.3 Å². The summed E-state index contributed by atoms with van der Waals surface area (Å²) in [7, 11) is 0. The molecular formula is C25H24Cl2F4N2O5. The van der Waals surface area contributed by atoms with Crippen molar-refractivity contribution in [1.82, 2.24) is 5.32 Å². The highest BCUT2D eigenvalue weighted by molar-refractivity contribution is 6.31. The molecule has 4 N–H and O–H groups in total. The molecule has 1 amide bonds. The van der Waals surface area contributed by atoms with Gasteiger partial charge in [-0.2, -0.15) is 13.2 Å². The molecule has 38 heavy (non-hydrogen) atoms. The van der Waals surface area contributed by atoms with Crippen LogP contribution in [-0.4, -0.2) is 46.3 Å². The topological polar surface area (TPSA) is 116 Å². The predicted molar refractivity (Wildman–Crippen MR) is 132 cm³/mol. The minimum atomic E-state index is -5.08. The van der Waals surface area contributed by atoms with E-state index in [1.165, 1.54) is 12.1 Å². The third-order valence-corrected chi connectivity index (χ3v) is 6.97. The fraction of sp³-hybridized carbons (Fsp3) is 0.400. The van der Waals surface area contributed by atoms with Crippen LogP contribution in [0.1, 0.15) is 44.2 Å². The van der Waals surface area contributed by atoms with Crippen LogP contribution in [0, 0.1) is 11.2 Å². The van der Waals surface area contributed by atoms with Crippen molar-refractivity contribution in [3.8, 4) is 0 Å². The standard InChI is InChI=1S/C23H23Cl2FN2O3.C2HF3O2/c1-22(2,3)10-16-23(13-8-7-11(24)9-15(13)27-21(23)31)17(19(28-16)20(29)30)12-5-4-6-14(25)18(12)26;3-2(4,5)1(6)7/h4-9,16-17,19,28H,10H2,1-3H3,(H,27,31)(H,29,30);(H,6,7)/t16-,17-,19-,23+;/m0./s1. The molecule has 2 heterocycles. The lowest BCUT2D eigenvalue weighted by molar-refractivity contribution is -0.192. The van der Waals surface area contributed by atoms with E-state index in [1.807, 2.05) is 20.8 Å². The fourth-order valence-electron chi connectivity index (χ4n) is 5.14. The zero-order valence-corrected chi connectivity index (χ0v) is 21.8. The first-order valence-corrected chi connectivity index (χ1v) is 12.0. The number of hydrogen-bond donors (Lipinski definition) is 4. The van der Waals surface area contributed by atoms with Crippen LogP contribution in [0.15, 0.2) is 36.4 Å². The van der Waals surface area contributed by atoms with Gasteiger partial charge in [0.1, 0.15) is 17.3 Å². The fourth-order valence-corrected chi connectivity index (χ4v) is 5.49. The van der Waals surface area contributed by atoms with E-state index in [-0.39, 0.29) is 21.9 Å². The molecule has 7 nitrogen and oxygen atoms in total. The second-order valence-electron chi connectivity index (χ2n) is 10.2. The van der Waals surface area contributed by atoms with E-state index in [1.54, 1.807) is 24.3 Å². The van der Waals surface area contributed by atoms with E-state index in [4.69, 9.17) is 33.1 Å². The van der Waals surface area contributed by atoms with Crippen LogP contribution in [0.4, 0.5) is 23.2 Å². The van der Waals surface area contributed by atoms with Crippen molar-refractivity contribution < 1.29 is 42.2 Å². The molecule has 1 spiro atoms. The van der Waals surface area contributed by atoms with Crippen LogP contribution in [0.2, 0.25) is 10.0 Å². The Kier molecular flexibility index (Phi) is 8.08. The van der Waals surface area contributed by atoms with Gasteiger partial charge in [0.15, 0.2) is 0 Å². The molecule has 4 atom stereocenters. The number of hydrogen-bond acceptors (Lipinski definition) is 4. The van der Waals surface area contributed by atoms with Gasteiger partial charge in [0, 0.05) is 22.7 Å². The quantitative estimate of drug-likeness (QED) is 0.352. The Morgan fingerprint density at radius 3 is 2.21 bits per heavy atom. The predicted octanol–water partition coefficient (Wildman–Crippen LogP) is 5.60. The van der Waals surface area contributed by atoms with Gasteiger partial charge in [-0.15, -0.1) is 0 Å². The number of benzene rings is 2. The monoisotopic (exact) mass is 578 g/mol. The molecule has 0 aliphatic carbocycles. The van der Waals surface area contributed by atoms with Crippen molar-refractivity contribution >= 4 is 46.7 Å². The lowest BCUT2D eigenvalue weighted by Crippen LogP contribution is -2.49. The minimum Gasteiger partial charge on any atom is -0.480 e. The summed E-state index contributed by atoms with van der Waals surface area (Å²) in [6, 6.07) is 7.76. The molecule has 2 aliphatic heterocycles. The van der Waals surface area contributed by atoms with E-state index in [9.17, 15) is 27.9 Å². The summed E-state index contributed by atoms with van der Waals surface area (Å²) in [5.41, 5.74) is -0.359. The first-order valence-electron chi connectivity index (χ1n) is 11.3. The number of carbonyl (C=O) groups excluding carboxylic acids is 1. The first-order chi connectivity index (χ1) is 17.4. The number of amides is 1. The van der Waals surface area contributed by atoms with Gasteiger partial charge in [0.25, 0.3) is 0 Å². The molecule has 206 valence electrons. The van der Waals surface area contributed by atoms with Crippen LogP contribution in [0.3, 0.4) is 0 Å². The van der Waals surface area contributed by atoms with Gasteiger partial charge in [-0.3, -0.25) is 14.9 Å². The number of rotatable bonds is 3. The van der Waals surface area contributed by atoms with Crippen LogP contribution < -0.4 is 10.6 Å². The maximum absolute atomic E-state index is 15.3. The molecule has 2 aliphatic rings. The molecular weight excluding hydrogens is 555 g/mol. The van der Waals surface area contributed by atoms with Crippen LogP contribution in [0.5, 0.6) is 0 Å². The Morgan fingerprint density at radius 1 is 1.08 bits per heavy atom. The first kappa shape index (κ1) is 29.7. The highest BCUT2D eigenvalue weighted by atomic mass is 35.5. The summed E-state index contributed by atoms with van der Waals surface area (Å²) >= 11 is 12.2. The van der Waals surface area contributed by atoms with Crippen molar-refractivity contribution in [2.24, 2.45) is 5.41 Å². The molecule has 0 radical (unpaired) electrons. The number of fused-ring (bicyclic) bond motifs is 2. The second kappa shape index (κ2) is 10.3. The Bertz CT molecular complexity index is 1280. The zero-order valence-electron chi connectivity index (χ0n) is 20.3. The van der Waals surface area contributed by atoms with E-state index in [2.05, 4.69) is 10.6 Å². The number of halogens is 6. The number of anilines is 1. The Morgan fingerprint density at radius 2 is 1.68 bits per heavy atom. The van der Waals surface area contributed by atoms with Crippen LogP contribution in [-0.2, 0) is 19.8 Å². The molecule has 0 saturated carbocycles. The third kappa shape index (κ3) is 5.45. The summed E-state index contributed by atoms with van der Waals surface area (Å²) in [5, 5.41) is 23.5. The molecule has 0 aromatic heterocycles. The zero-order chi connectivity index (χ0) is 28.8. The lowest BCUT2D eigenvalue weighted by atomic mass is 9.62. The highest BCUT2D eigenvalue weighted by Gasteiger charge is 2.66. The van der Waals surface area contributed by atoms with Gasteiger partial charge in [-0.25, -0.2) is 9.18 Å². The maximum Gasteiger partial charge on any atom is 0.490 e.